The first-order valence-electron chi connectivity index (χ1n) is 5.05. The van der Waals surface area contributed by atoms with Crippen LogP contribution in [0.2, 0.25) is 0 Å². The van der Waals surface area contributed by atoms with E-state index in [4.69, 9.17) is 0 Å². The fourth-order valence-electron chi connectivity index (χ4n) is 1.55. The molecule has 0 unspecified atom stereocenters. The average molecular weight is 212 g/mol. The fraction of sp³-hybridized carbons (Fsp3) is 0.0714. The molecule has 0 N–H and O–H groups in total. The molecule has 0 atom stereocenters. The number of carbonyl (C=O) groups excluding carboxylic acids is 1. The topological polar surface area (TPSA) is 26.3 Å². The Hall–Kier alpha value is -2.09. The minimum Gasteiger partial charge on any atom is -0.465 e. The molecule has 2 aromatic rings. The fourth-order valence-corrected chi connectivity index (χ4v) is 1.55. The van der Waals surface area contributed by atoms with Crippen molar-refractivity contribution in [1.29, 1.82) is 0 Å². The van der Waals surface area contributed by atoms with Gasteiger partial charge in [0, 0.05) is 0 Å². The summed E-state index contributed by atoms with van der Waals surface area (Å²) in [6.45, 7) is 0. The highest BCUT2D eigenvalue weighted by atomic mass is 16.5. The van der Waals surface area contributed by atoms with Gasteiger partial charge >= 0.3 is 5.97 Å². The van der Waals surface area contributed by atoms with Gasteiger partial charge in [-0.3, -0.25) is 0 Å². The van der Waals surface area contributed by atoms with Crippen LogP contribution in [0.25, 0.3) is 11.1 Å². The van der Waals surface area contributed by atoms with Crippen molar-refractivity contribution in [2.45, 2.75) is 0 Å². The number of methoxy groups -OCH3 is 1. The SMILES string of the molecule is COC(=O)c1ccc(-c2ccccc2)cc1. The molecule has 0 saturated heterocycles. The molecule has 0 aliphatic heterocycles. The lowest BCUT2D eigenvalue weighted by molar-refractivity contribution is 0.0601. The Morgan fingerprint density at radius 1 is 0.875 bits per heavy atom. The Labute approximate surface area is 94.5 Å². The van der Waals surface area contributed by atoms with Gasteiger partial charge < -0.3 is 4.74 Å². The molecule has 0 fully saturated rings. The van der Waals surface area contributed by atoms with Gasteiger partial charge in [-0.15, -0.1) is 0 Å². The second kappa shape index (κ2) is 4.62. The summed E-state index contributed by atoms with van der Waals surface area (Å²) >= 11 is 0. The van der Waals surface area contributed by atoms with Crippen LogP contribution in [0, 0.1) is 0 Å². The number of benzene rings is 2. The van der Waals surface area contributed by atoms with E-state index in [1.54, 1.807) is 12.1 Å². The second-order valence-electron chi connectivity index (χ2n) is 3.43. The van der Waals surface area contributed by atoms with Gasteiger partial charge in [0.1, 0.15) is 0 Å². The van der Waals surface area contributed by atoms with Crippen molar-refractivity contribution in [2.75, 3.05) is 7.11 Å². The first-order chi connectivity index (χ1) is 7.81. The molecular formula is C14H12O2. The van der Waals surface area contributed by atoms with Crippen LogP contribution in [0.5, 0.6) is 0 Å². The summed E-state index contributed by atoms with van der Waals surface area (Å²) in [7, 11) is 1.38. The Morgan fingerprint density at radius 3 is 2.00 bits per heavy atom. The molecule has 2 nitrogen and oxygen atoms in total. The third kappa shape index (κ3) is 2.11. The maximum atomic E-state index is 11.2. The van der Waals surface area contributed by atoms with Crippen molar-refractivity contribution in [3.8, 4) is 11.1 Å². The molecular weight excluding hydrogens is 200 g/mol. The van der Waals surface area contributed by atoms with E-state index in [9.17, 15) is 4.79 Å². The van der Waals surface area contributed by atoms with E-state index in [0.717, 1.165) is 11.1 Å². The molecule has 80 valence electrons. The minimum absolute atomic E-state index is 0.306. The largest absolute Gasteiger partial charge is 0.465 e. The van der Waals surface area contributed by atoms with E-state index in [1.165, 1.54) is 7.11 Å². The van der Waals surface area contributed by atoms with Crippen LogP contribution in [0.4, 0.5) is 0 Å². The lowest BCUT2D eigenvalue weighted by Crippen LogP contribution is -2.00. The normalized spacial score (nSPS) is 9.81. The predicted octanol–water partition coefficient (Wildman–Crippen LogP) is 3.14. The van der Waals surface area contributed by atoms with Gasteiger partial charge in [0.2, 0.25) is 0 Å². The minimum atomic E-state index is -0.306. The van der Waals surface area contributed by atoms with Crippen molar-refractivity contribution in [3.63, 3.8) is 0 Å². The van der Waals surface area contributed by atoms with Crippen LogP contribution in [0.1, 0.15) is 10.4 Å². The van der Waals surface area contributed by atoms with Gasteiger partial charge in [0.25, 0.3) is 0 Å². The third-order valence-electron chi connectivity index (χ3n) is 2.41. The molecule has 0 heterocycles. The van der Waals surface area contributed by atoms with Crippen LogP contribution in [0.15, 0.2) is 54.6 Å². The highest BCUT2D eigenvalue weighted by molar-refractivity contribution is 5.89. The molecule has 0 amide bonds. The van der Waals surface area contributed by atoms with Gasteiger partial charge in [-0.2, -0.15) is 0 Å². The molecule has 2 aromatic carbocycles. The molecule has 0 radical (unpaired) electrons. The smallest absolute Gasteiger partial charge is 0.337 e. The summed E-state index contributed by atoms with van der Waals surface area (Å²) in [4.78, 5) is 11.2. The number of esters is 1. The monoisotopic (exact) mass is 212 g/mol. The van der Waals surface area contributed by atoms with Crippen LogP contribution in [-0.2, 0) is 4.74 Å². The molecule has 2 rings (SSSR count). The van der Waals surface area contributed by atoms with Crippen molar-refractivity contribution >= 4 is 5.97 Å². The number of hydrogen-bond acceptors (Lipinski definition) is 2. The van der Waals surface area contributed by atoms with Crippen LogP contribution < -0.4 is 0 Å². The quantitative estimate of drug-likeness (QED) is 0.715. The maximum Gasteiger partial charge on any atom is 0.337 e. The molecule has 0 aliphatic rings. The number of hydrogen-bond donors (Lipinski definition) is 0. The van der Waals surface area contributed by atoms with Crippen LogP contribution in [0.3, 0.4) is 0 Å². The van der Waals surface area contributed by atoms with Crippen molar-refractivity contribution in [1.82, 2.24) is 0 Å². The van der Waals surface area contributed by atoms with E-state index < -0.39 is 0 Å². The molecule has 0 aliphatic carbocycles. The number of carbonyl (C=O) groups is 1. The molecule has 2 heteroatoms. The van der Waals surface area contributed by atoms with Crippen molar-refractivity contribution < 1.29 is 9.53 Å². The van der Waals surface area contributed by atoms with Gasteiger partial charge in [0.15, 0.2) is 0 Å². The highest BCUT2D eigenvalue weighted by Crippen LogP contribution is 2.19. The zero-order chi connectivity index (χ0) is 11.4. The summed E-state index contributed by atoms with van der Waals surface area (Å²) in [5.41, 5.74) is 2.80. The Morgan fingerprint density at radius 2 is 1.44 bits per heavy atom. The second-order valence-corrected chi connectivity index (χ2v) is 3.43. The average Bonchev–Trinajstić information content (AvgIpc) is 2.39. The third-order valence-corrected chi connectivity index (χ3v) is 2.41. The van der Waals surface area contributed by atoms with Gasteiger partial charge in [0.05, 0.1) is 12.7 Å². The van der Waals surface area contributed by atoms with Gasteiger partial charge in [-0.25, -0.2) is 4.79 Å². The number of rotatable bonds is 2. The summed E-state index contributed by atoms with van der Waals surface area (Å²) < 4.78 is 4.64. The van der Waals surface area contributed by atoms with E-state index in [0.29, 0.717) is 5.56 Å². The number of ether oxygens (including phenoxy) is 1. The predicted molar refractivity (Wildman–Crippen MR) is 63.2 cm³/mol. The standard InChI is InChI=1S/C14H12O2/c1-16-14(15)13-9-7-12(8-10-13)11-5-3-2-4-6-11/h2-10H,1H3. The molecule has 0 bridgehead atoms. The van der Waals surface area contributed by atoms with Crippen molar-refractivity contribution in [3.05, 3.63) is 60.2 Å². The van der Waals surface area contributed by atoms with Gasteiger partial charge in [-0.05, 0) is 23.3 Å². The molecule has 0 saturated carbocycles. The van der Waals surface area contributed by atoms with E-state index in [-0.39, 0.29) is 5.97 Å². The lowest BCUT2D eigenvalue weighted by atomic mass is 10.0. The van der Waals surface area contributed by atoms with Crippen molar-refractivity contribution in [2.24, 2.45) is 0 Å². The summed E-state index contributed by atoms with van der Waals surface area (Å²) in [6, 6.07) is 17.4. The Bertz CT molecular complexity index is 472. The maximum absolute atomic E-state index is 11.2. The zero-order valence-electron chi connectivity index (χ0n) is 9.01. The Kier molecular flexibility index (Phi) is 3.01. The Balaban J connectivity index is 2.30. The zero-order valence-corrected chi connectivity index (χ0v) is 9.01. The molecule has 0 spiro atoms. The molecule has 16 heavy (non-hydrogen) atoms. The highest BCUT2D eigenvalue weighted by Gasteiger charge is 2.04. The first-order valence-corrected chi connectivity index (χ1v) is 5.05. The van der Waals surface area contributed by atoms with Crippen LogP contribution >= 0.6 is 0 Å². The first kappa shape index (κ1) is 10.4. The van der Waals surface area contributed by atoms with Crippen LogP contribution in [-0.4, -0.2) is 13.1 Å². The summed E-state index contributed by atoms with van der Waals surface area (Å²) in [5.74, 6) is -0.306. The summed E-state index contributed by atoms with van der Waals surface area (Å²) in [5, 5.41) is 0. The summed E-state index contributed by atoms with van der Waals surface area (Å²) in [6.07, 6.45) is 0. The van der Waals surface area contributed by atoms with E-state index >= 15 is 0 Å². The molecule has 0 aromatic heterocycles. The van der Waals surface area contributed by atoms with E-state index in [2.05, 4.69) is 4.74 Å². The lowest BCUT2D eigenvalue weighted by Gasteiger charge is -2.02. The van der Waals surface area contributed by atoms with Gasteiger partial charge in [-0.1, -0.05) is 42.5 Å². The van der Waals surface area contributed by atoms with E-state index in [1.807, 2.05) is 42.5 Å².